The van der Waals surface area contributed by atoms with Crippen LogP contribution in [0.5, 0.6) is 0 Å². The summed E-state index contributed by atoms with van der Waals surface area (Å²) in [5.41, 5.74) is 0. The van der Waals surface area contributed by atoms with Crippen molar-refractivity contribution in [3.05, 3.63) is 12.2 Å². The molecule has 13 heavy (non-hydrogen) atoms. The van der Waals surface area contributed by atoms with Crippen LogP contribution in [-0.4, -0.2) is 43.8 Å². The van der Waals surface area contributed by atoms with Crippen molar-refractivity contribution in [2.45, 2.75) is 6.92 Å². The van der Waals surface area contributed by atoms with Crippen molar-refractivity contribution >= 4 is 30.2 Å². The van der Waals surface area contributed by atoms with E-state index in [2.05, 4.69) is 5.32 Å². The van der Waals surface area contributed by atoms with Crippen LogP contribution >= 0.6 is 0 Å². The molecule has 2 nitrogen and oxygen atoms in total. The van der Waals surface area contributed by atoms with Gasteiger partial charge in [0.25, 0.3) is 0 Å². The first-order valence-electron chi connectivity index (χ1n) is 2.61. The monoisotopic (exact) mass is 310 g/mol. The number of hydrogen-bond acceptors (Lipinski definition) is 2. The topological polar surface area (TPSA) is 29.1 Å². The Morgan fingerprint density at radius 3 is 1.85 bits per heavy atom. The Kier molecular flexibility index (Phi) is 87.6. The zero-order chi connectivity index (χ0) is 6.41. The summed E-state index contributed by atoms with van der Waals surface area (Å²) < 4.78 is 0. The van der Waals surface area contributed by atoms with Crippen molar-refractivity contribution < 1.29 is 23.6 Å². The van der Waals surface area contributed by atoms with Gasteiger partial charge in [-0.1, -0.05) is 6.08 Å². The molecule has 0 spiro atoms. The van der Waals surface area contributed by atoms with E-state index in [1.54, 1.807) is 19.2 Å². The second-order valence-corrected chi connectivity index (χ2v) is 1.50. The zero-order valence-electron chi connectivity index (χ0n) is 7.23. The fraction of sp³-hybridized carbons (Fsp3) is 0.500. The Labute approximate surface area is 92.1 Å². The number of halogens is 4. The Morgan fingerprint density at radius 2 is 1.62 bits per heavy atom. The van der Waals surface area contributed by atoms with Crippen molar-refractivity contribution in [1.29, 1.82) is 0 Å². The van der Waals surface area contributed by atoms with Gasteiger partial charge in [-0.15, -0.1) is 0 Å². The molecule has 0 heterocycles. The minimum absolute atomic E-state index is 0. The van der Waals surface area contributed by atoms with Gasteiger partial charge in [0.1, 0.15) is 0 Å². The van der Waals surface area contributed by atoms with Crippen molar-refractivity contribution in [2.24, 2.45) is 0 Å². The van der Waals surface area contributed by atoms with Crippen LogP contribution in [0.15, 0.2) is 12.2 Å². The van der Waals surface area contributed by atoms with Gasteiger partial charge in [0, 0.05) is 24.4 Å². The van der Waals surface area contributed by atoms with E-state index in [0.29, 0.717) is 6.54 Å². The van der Waals surface area contributed by atoms with Crippen LogP contribution in [0, 0.1) is 0 Å². The number of ketones is 1. The largest absolute Gasteiger partial charge is 1.00 e. The zero-order valence-corrected chi connectivity index (χ0v) is 9.78. The smallest absolute Gasteiger partial charge is 0.169 e. The molecule has 0 aliphatic rings. The van der Waals surface area contributed by atoms with Gasteiger partial charge in [-0.05, 0) is 20.0 Å². The van der Waals surface area contributed by atoms with E-state index in [1.165, 1.54) is 0 Å². The first kappa shape index (κ1) is 38.4. The molecule has 3 radical (unpaired) electrons. The molecule has 0 amide bonds. The summed E-state index contributed by atoms with van der Waals surface area (Å²) >= 11 is 0. The molecule has 0 atom stereocenters. The van der Waals surface area contributed by atoms with Gasteiger partial charge in [0.15, 0.2) is 5.78 Å². The van der Waals surface area contributed by atoms with Crippen molar-refractivity contribution in [2.75, 3.05) is 13.6 Å². The van der Waals surface area contributed by atoms with Crippen LogP contribution in [0.1, 0.15) is 6.92 Å². The van der Waals surface area contributed by atoms with E-state index in [-0.39, 0.29) is 49.0 Å². The van der Waals surface area contributed by atoms with Crippen molar-refractivity contribution in [3.8, 4) is 0 Å². The summed E-state index contributed by atoms with van der Waals surface area (Å²) in [6, 6.07) is 0. The fourth-order valence-electron chi connectivity index (χ4n) is 0.419. The Morgan fingerprint density at radius 1 is 1.23 bits per heavy atom. The minimum Gasteiger partial charge on any atom is -1.00 e. The molecule has 1 N–H and O–H groups in total. The average Bonchev–Trinajstić information content (AvgIpc) is 1.68. The number of carbonyl (C=O) groups excluding carboxylic acids is 1. The third kappa shape index (κ3) is 33.5. The van der Waals surface area contributed by atoms with E-state index >= 15 is 0 Å². The van der Waals surface area contributed by atoms with E-state index in [1.807, 2.05) is 6.92 Å². The van der Waals surface area contributed by atoms with Gasteiger partial charge in [-0.3, -0.25) is 4.79 Å². The van der Waals surface area contributed by atoms with Crippen LogP contribution in [0.2, 0.25) is 0 Å². The molecule has 0 aromatic rings. The van der Waals surface area contributed by atoms with Crippen molar-refractivity contribution in [3.63, 3.8) is 0 Å². The summed E-state index contributed by atoms with van der Waals surface area (Å²) in [6.07, 6.45) is 3.29. The number of allylic oxidation sites excluding steroid dienone is 1. The average molecular weight is 311 g/mol. The molecular weight excluding hydrogens is 300 g/mol. The molecule has 0 fully saturated rings. The molecule has 0 aliphatic heterocycles. The number of likely N-dealkylation sites (N-methyl/N-ethyl adjacent to an activating group) is 1. The van der Waals surface area contributed by atoms with Gasteiger partial charge in [-0.25, -0.2) is 0 Å². The third-order valence-corrected chi connectivity index (χ3v) is 0.704. The van der Waals surface area contributed by atoms with E-state index < -0.39 is 0 Å². The molecule has 0 saturated carbocycles. The Hall–Kier alpha value is -0.0918. The number of rotatable bonds is 3. The molecule has 0 rings (SSSR count). The molecule has 0 aromatic carbocycles. The molecular formula is C6H11F4NOSb-4. The van der Waals surface area contributed by atoms with Crippen LogP contribution in [0.3, 0.4) is 0 Å². The van der Waals surface area contributed by atoms with Crippen LogP contribution in [-0.2, 0) is 4.79 Å². The van der Waals surface area contributed by atoms with Crippen LogP contribution in [0.4, 0.5) is 0 Å². The summed E-state index contributed by atoms with van der Waals surface area (Å²) in [7, 11) is 1.75. The molecule has 0 unspecified atom stereocenters. The van der Waals surface area contributed by atoms with Gasteiger partial charge in [0.2, 0.25) is 0 Å². The number of hydrogen-bond donors (Lipinski definition) is 1. The molecule has 0 saturated heterocycles. The fourth-order valence-corrected chi connectivity index (χ4v) is 0.419. The molecule has 0 aliphatic carbocycles. The van der Waals surface area contributed by atoms with Crippen LogP contribution < -0.4 is 24.1 Å². The first-order chi connectivity index (χ1) is 3.81. The molecule has 7 heteroatoms. The predicted octanol–water partition coefficient (Wildman–Crippen LogP) is -12.0. The molecule has 0 aromatic heterocycles. The third-order valence-electron chi connectivity index (χ3n) is 0.704. The van der Waals surface area contributed by atoms with E-state index in [4.69, 9.17) is 0 Å². The second-order valence-electron chi connectivity index (χ2n) is 1.50. The maximum absolute atomic E-state index is 10.5. The summed E-state index contributed by atoms with van der Waals surface area (Å²) in [6.45, 7) is 2.26. The summed E-state index contributed by atoms with van der Waals surface area (Å²) in [4.78, 5) is 10.5. The Balaban J connectivity index is -0.0000000245. The number of nitrogens with one attached hydrogen (secondary N) is 1. The molecule has 0 bridgehead atoms. The summed E-state index contributed by atoms with van der Waals surface area (Å²) in [5.74, 6) is 0.120. The predicted molar refractivity (Wildman–Crippen MR) is 39.5 cm³/mol. The van der Waals surface area contributed by atoms with E-state index in [9.17, 15) is 4.79 Å². The molecule has 83 valence electrons. The van der Waals surface area contributed by atoms with Gasteiger partial charge >= 0.3 is 0 Å². The first-order valence-corrected chi connectivity index (χ1v) is 2.61. The normalized spacial score (nSPS) is 6.31. The van der Waals surface area contributed by atoms with Crippen molar-refractivity contribution in [1.82, 2.24) is 5.32 Å². The SMILES string of the molecule is CC=CC(=O)CNC.[F-].[F-].[F-].[F-].[Sb]. The minimum atomic E-state index is 0. The summed E-state index contributed by atoms with van der Waals surface area (Å²) in [5, 5.41) is 2.75. The van der Waals surface area contributed by atoms with Gasteiger partial charge in [0.05, 0.1) is 6.54 Å². The Bertz CT molecular complexity index is 113. The van der Waals surface area contributed by atoms with Gasteiger partial charge in [-0.2, -0.15) is 0 Å². The second kappa shape index (κ2) is 29.7. The van der Waals surface area contributed by atoms with Gasteiger partial charge < -0.3 is 24.1 Å². The maximum Gasteiger partial charge on any atom is 0.169 e. The van der Waals surface area contributed by atoms with E-state index in [0.717, 1.165) is 0 Å². The number of carbonyl (C=O) groups is 1. The standard InChI is InChI=1S/C6H11NO.4FH.Sb/c1-3-4-6(8)5-7-2;;;;;/h3-4,7H,5H2,1-2H3;4*1H;/p-4. The van der Waals surface area contributed by atoms with Crippen LogP contribution in [0.25, 0.3) is 0 Å². The quantitative estimate of drug-likeness (QED) is 0.319. The maximum atomic E-state index is 10.5.